The number of ether oxygens (including phenoxy) is 1. The summed E-state index contributed by atoms with van der Waals surface area (Å²) in [6, 6.07) is 20.3. The number of aryl methyl sites for hydroxylation is 1. The zero-order valence-corrected chi connectivity index (χ0v) is 22.9. The number of nitrogens with zero attached hydrogens (tertiary/aromatic N) is 1. The highest BCUT2D eigenvalue weighted by Crippen LogP contribution is 2.30. The fourth-order valence-electron chi connectivity index (χ4n) is 4.97. The molecule has 41 heavy (non-hydrogen) atoms. The van der Waals surface area contributed by atoms with E-state index in [2.05, 4.69) is 24.1 Å². The van der Waals surface area contributed by atoms with Crippen LogP contribution >= 0.6 is 0 Å². The number of hydrogen-bond acceptors (Lipinski definition) is 6. The number of carbonyl (C=O) groups is 2. The van der Waals surface area contributed by atoms with Gasteiger partial charge in [-0.2, -0.15) is 4.39 Å². The van der Waals surface area contributed by atoms with Crippen molar-refractivity contribution in [3.05, 3.63) is 106 Å². The maximum atomic E-state index is 12.8. The van der Waals surface area contributed by atoms with Crippen LogP contribution in [0.15, 0.2) is 88.1 Å². The van der Waals surface area contributed by atoms with Gasteiger partial charge in [0.05, 0.1) is 11.1 Å². The van der Waals surface area contributed by atoms with Crippen molar-refractivity contribution in [2.75, 3.05) is 18.0 Å². The molecule has 6 rings (SSSR count). The molecule has 0 spiro atoms. The summed E-state index contributed by atoms with van der Waals surface area (Å²) >= 11 is 0. The molecule has 3 aromatic carbocycles. The number of rotatable bonds is 5. The number of alkyl halides is 1. The second-order valence-electron chi connectivity index (χ2n) is 9.56. The molecule has 2 aliphatic rings. The molecule has 1 atom stereocenters. The highest BCUT2D eigenvalue weighted by atomic mass is 19.1. The number of fused-ring (bicyclic) bond motifs is 2. The molecular weight excluding hydrogens is 523 g/mol. The van der Waals surface area contributed by atoms with E-state index in [4.69, 9.17) is 9.15 Å². The summed E-state index contributed by atoms with van der Waals surface area (Å²) in [5, 5.41) is 3.11. The number of para-hydroxylation sites is 1. The maximum Gasteiger partial charge on any atom is 0.344 e. The minimum Gasteiger partial charge on any atom is -0.456 e. The third kappa shape index (κ3) is 5.68. The molecule has 7 nitrogen and oxygen atoms in total. The van der Waals surface area contributed by atoms with Crippen LogP contribution in [0.5, 0.6) is 5.75 Å². The standard InChI is InChI=1S/C24H22N2O4.C9H7FO/c1-4-26(5-2)17-10-11-18-14(3)22(24(29)30-20(18)12-17)16-8-6-15(7-9-16)19-13-21(27)25-23(19)28;10-9-6-5-7-3-1-2-4-8(7)11-9/h6-13H,4-5H2,1-3H3,(H,25,27,28);1-6,9H. The smallest absolute Gasteiger partial charge is 0.344 e. The lowest BCUT2D eigenvalue weighted by molar-refractivity contribution is -0.123. The van der Waals surface area contributed by atoms with Gasteiger partial charge in [0.1, 0.15) is 11.3 Å². The second kappa shape index (κ2) is 11.6. The van der Waals surface area contributed by atoms with Gasteiger partial charge in [-0.3, -0.25) is 14.9 Å². The lowest BCUT2D eigenvalue weighted by Crippen LogP contribution is -2.21. The van der Waals surface area contributed by atoms with Crippen molar-refractivity contribution >= 4 is 40.1 Å². The van der Waals surface area contributed by atoms with E-state index in [1.807, 2.05) is 43.3 Å². The quantitative estimate of drug-likeness (QED) is 0.240. The van der Waals surface area contributed by atoms with E-state index in [1.165, 1.54) is 12.2 Å². The SMILES string of the molecule is CCN(CC)c1ccc2c(C)c(-c3ccc(C4=CC(=O)NC4=O)cc3)c(=O)oc2c1.FC1C=Cc2ccccc2O1. The number of benzene rings is 3. The largest absolute Gasteiger partial charge is 0.456 e. The van der Waals surface area contributed by atoms with Gasteiger partial charge >= 0.3 is 5.63 Å². The Morgan fingerprint density at radius 1 is 0.927 bits per heavy atom. The predicted octanol–water partition coefficient (Wildman–Crippen LogP) is 6.04. The van der Waals surface area contributed by atoms with Crippen LogP contribution in [0.1, 0.15) is 30.5 Å². The van der Waals surface area contributed by atoms with Crippen LogP contribution in [0.25, 0.3) is 33.7 Å². The molecule has 3 heterocycles. The Kier molecular flexibility index (Phi) is 7.83. The highest BCUT2D eigenvalue weighted by Gasteiger charge is 2.22. The summed E-state index contributed by atoms with van der Waals surface area (Å²) in [7, 11) is 0. The first-order valence-corrected chi connectivity index (χ1v) is 13.4. The van der Waals surface area contributed by atoms with E-state index in [0.29, 0.717) is 33.6 Å². The van der Waals surface area contributed by atoms with Gasteiger partial charge < -0.3 is 14.1 Å². The molecule has 2 amide bonds. The average Bonchev–Trinajstić information content (AvgIpc) is 3.31. The van der Waals surface area contributed by atoms with Crippen LogP contribution in [0.4, 0.5) is 10.1 Å². The lowest BCUT2D eigenvalue weighted by Gasteiger charge is -2.21. The third-order valence-corrected chi connectivity index (χ3v) is 7.11. The van der Waals surface area contributed by atoms with Crippen LogP contribution in [-0.2, 0) is 9.59 Å². The zero-order valence-electron chi connectivity index (χ0n) is 22.9. The molecule has 208 valence electrons. The number of imide groups is 1. The van der Waals surface area contributed by atoms with E-state index in [9.17, 15) is 18.8 Å². The number of hydrogen-bond donors (Lipinski definition) is 1. The second-order valence-corrected chi connectivity index (χ2v) is 9.56. The zero-order chi connectivity index (χ0) is 29.1. The molecule has 0 bridgehead atoms. The highest BCUT2D eigenvalue weighted by molar-refractivity contribution is 6.33. The summed E-state index contributed by atoms with van der Waals surface area (Å²) in [5.41, 5.74) is 5.08. The van der Waals surface area contributed by atoms with Gasteiger partial charge in [0, 0.05) is 41.9 Å². The summed E-state index contributed by atoms with van der Waals surface area (Å²) in [6.45, 7) is 7.82. The Balaban J connectivity index is 0.000000255. The number of amides is 2. The minimum absolute atomic E-state index is 0.317. The molecule has 0 saturated heterocycles. The van der Waals surface area contributed by atoms with Gasteiger partial charge in [-0.15, -0.1) is 0 Å². The van der Waals surface area contributed by atoms with Gasteiger partial charge in [0.15, 0.2) is 0 Å². The average molecular weight is 553 g/mol. The number of nitrogens with one attached hydrogen (secondary N) is 1. The Bertz CT molecular complexity index is 1750. The lowest BCUT2D eigenvalue weighted by atomic mass is 9.97. The van der Waals surface area contributed by atoms with E-state index < -0.39 is 23.8 Å². The topological polar surface area (TPSA) is 88.9 Å². The van der Waals surface area contributed by atoms with E-state index in [1.54, 1.807) is 36.4 Å². The predicted molar refractivity (Wildman–Crippen MR) is 158 cm³/mol. The first-order valence-electron chi connectivity index (χ1n) is 13.4. The van der Waals surface area contributed by atoms with Crippen molar-refractivity contribution in [2.45, 2.75) is 27.1 Å². The summed E-state index contributed by atoms with van der Waals surface area (Å²) in [4.78, 5) is 38.2. The third-order valence-electron chi connectivity index (χ3n) is 7.11. The number of halogens is 1. The fraction of sp³-hybridized carbons (Fsp3) is 0.182. The van der Waals surface area contributed by atoms with Crippen molar-refractivity contribution in [3.8, 4) is 16.9 Å². The van der Waals surface area contributed by atoms with Crippen LogP contribution in [0.2, 0.25) is 0 Å². The fourth-order valence-corrected chi connectivity index (χ4v) is 4.97. The molecule has 0 fully saturated rings. The maximum absolute atomic E-state index is 12.8. The molecule has 0 radical (unpaired) electrons. The van der Waals surface area contributed by atoms with Crippen LogP contribution < -0.4 is 20.6 Å². The van der Waals surface area contributed by atoms with Gasteiger partial charge in [0.25, 0.3) is 18.2 Å². The Hall–Kier alpha value is -4.98. The van der Waals surface area contributed by atoms with E-state index in [-0.39, 0.29) is 0 Å². The van der Waals surface area contributed by atoms with Gasteiger partial charge in [-0.25, -0.2) is 4.79 Å². The molecule has 1 N–H and O–H groups in total. The van der Waals surface area contributed by atoms with Crippen LogP contribution in [0.3, 0.4) is 0 Å². The Labute approximate surface area is 236 Å². The Morgan fingerprint density at radius 2 is 1.63 bits per heavy atom. The molecule has 1 aromatic heterocycles. The molecule has 8 heteroatoms. The van der Waals surface area contributed by atoms with Gasteiger partial charge in [0.2, 0.25) is 0 Å². The first kappa shape index (κ1) is 27.6. The van der Waals surface area contributed by atoms with Gasteiger partial charge in [-0.05, 0) is 67.8 Å². The van der Waals surface area contributed by atoms with Crippen molar-refractivity contribution in [3.63, 3.8) is 0 Å². The number of carbonyl (C=O) groups excluding carboxylic acids is 2. The molecule has 1 unspecified atom stereocenters. The molecule has 2 aliphatic heterocycles. The summed E-state index contributed by atoms with van der Waals surface area (Å²) < 4.78 is 23.1. The Morgan fingerprint density at radius 3 is 2.32 bits per heavy atom. The normalized spacial score (nSPS) is 15.4. The van der Waals surface area contributed by atoms with Crippen LogP contribution in [-0.4, -0.2) is 31.3 Å². The molecule has 0 saturated carbocycles. The van der Waals surface area contributed by atoms with Gasteiger partial charge in [-0.1, -0.05) is 42.5 Å². The molecule has 4 aromatic rings. The first-order chi connectivity index (χ1) is 19.8. The minimum atomic E-state index is -1.29. The number of anilines is 1. The van der Waals surface area contributed by atoms with Crippen molar-refractivity contribution in [2.24, 2.45) is 0 Å². The van der Waals surface area contributed by atoms with Crippen LogP contribution in [0, 0.1) is 6.92 Å². The van der Waals surface area contributed by atoms with Crippen molar-refractivity contribution in [1.29, 1.82) is 0 Å². The van der Waals surface area contributed by atoms with Crippen molar-refractivity contribution in [1.82, 2.24) is 5.32 Å². The summed E-state index contributed by atoms with van der Waals surface area (Å²) in [6.07, 6.45) is 3.11. The molecular formula is C33H29FN2O5. The van der Waals surface area contributed by atoms with Crippen molar-refractivity contribution < 1.29 is 23.1 Å². The summed E-state index contributed by atoms with van der Waals surface area (Å²) in [5.74, 6) is -0.227. The molecule has 0 aliphatic carbocycles. The van der Waals surface area contributed by atoms with E-state index in [0.717, 1.165) is 35.3 Å². The monoisotopic (exact) mass is 552 g/mol. The van der Waals surface area contributed by atoms with E-state index >= 15 is 0 Å².